The number of hydrogen-bond donors (Lipinski definition) is 2. The first-order valence-corrected chi connectivity index (χ1v) is 7.81. The molecule has 0 spiro atoms. The summed E-state index contributed by atoms with van der Waals surface area (Å²) in [5.74, 6) is 0.719. The Hall–Kier alpha value is -2.92. The van der Waals surface area contributed by atoms with Crippen LogP contribution in [-0.2, 0) is 11.3 Å². The largest absolute Gasteiger partial charge is 0.329 e. The van der Waals surface area contributed by atoms with Gasteiger partial charge in [0.25, 0.3) is 0 Å². The van der Waals surface area contributed by atoms with Gasteiger partial charge in [-0.25, -0.2) is 4.98 Å². The Balaban J connectivity index is 1.79. The highest BCUT2D eigenvalue weighted by Crippen LogP contribution is 2.21. The van der Waals surface area contributed by atoms with Gasteiger partial charge in [-0.15, -0.1) is 0 Å². The van der Waals surface area contributed by atoms with Crippen LogP contribution in [0.4, 0.5) is 5.69 Å². The van der Waals surface area contributed by atoms with Crippen molar-refractivity contribution >= 4 is 11.6 Å². The zero-order valence-electron chi connectivity index (χ0n) is 13.5. The van der Waals surface area contributed by atoms with E-state index < -0.39 is 0 Å². The van der Waals surface area contributed by atoms with Crippen molar-refractivity contribution in [3.05, 3.63) is 83.9 Å². The summed E-state index contributed by atoms with van der Waals surface area (Å²) in [6.07, 6.45) is 3.71. The van der Waals surface area contributed by atoms with Crippen molar-refractivity contribution in [2.45, 2.75) is 19.5 Å². The molecule has 0 aliphatic carbocycles. The number of carbonyl (C=O) groups is 1. The molecule has 0 fully saturated rings. The van der Waals surface area contributed by atoms with Crippen LogP contribution in [0, 0.1) is 0 Å². The molecule has 3 aromatic rings. The van der Waals surface area contributed by atoms with Crippen LogP contribution in [0.15, 0.2) is 67.0 Å². The van der Waals surface area contributed by atoms with E-state index in [2.05, 4.69) is 27.0 Å². The monoisotopic (exact) mass is 320 g/mol. The molecule has 3 rings (SSSR count). The van der Waals surface area contributed by atoms with E-state index in [1.165, 1.54) is 12.5 Å². The number of nitrogens with one attached hydrogen (secondary N) is 1. The third kappa shape index (κ3) is 3.70. The molecule has 0 aliphatic rings. The maximum atomic E-state index is 11.1. The molecule has 5 nitrogen and oxygen atoms in total. The van der Waals surface area contributed by atoms with Crippen molar-refractivity contribution in [1.82, 2.24) is 9.55 Å². The maximum Gasteiger partial charge on any atom is 0.221 e. The van der Waals surface area contributed by atoms with Gasteiger partial charge in [-0.3, -0.25) is 4.79 Å². The number of imidazole rings is 1. The molecule has 0 saturated carbocycles. The molecular weight excluding hydrogens is 300 g/mol. The smallest absolute Gasteiger partial charge is 0.221 e. The van der Waals surface area contributed by atoms with Crippen LogP contribution in [0.1, 0.15) is 29.9 Å². The van der Waals surface area contributed by atoms with Crippen LogP contribution in [0.25, 0.3) is 0 Å². The lowest BCUT2D eigenvalue weighted by molar-refractivity contribution is -0.114. The fourth-order valence-corrected chi connectivity index (χ4v) is 2.64. The third-order valence-corrected chi connectivity index (χ3v) is 3.81. The number of hydrogen-bond acceptors (Lipinski definition) is 3. The number of aromatic nitrogens is 2. The standard InChI is InChI=1S/C19H20N4O/c1-14(24)22-17-9-7-16(8-10-17)18(20)19-21-11-12-23(19)13-15-5-3-2-4-6-15/h2-12,18H,13,20H2,1H3,(H,22,24). The SMILES string of the molecule is CC(=O)Nc1ccc(C(N)c2nccn2Cc2ccccc2)cc1. The van der Waals surface area contributed by atoms with Crippen molar-refractivity contribution < 1.29 is 4.79 Å². The van der Waals surface area contributed by atoms with Crippen molar-refractivity contribution in [2.75, 3.05) is 5.32 Å². The molecule has 1 amide bonds. The Morgan fingerprint density at radius 3 is 2.54 bits per heavy atom. The highest BCUT2D eigenvalue weighted by molar-refractivity contribution is 5.88. The zero-order chi connectivity index (χ0) is 16.9. The van der Waals surface area contributed by atoms with Crippen LogP contribution < -0.4 is 11.1 Å². The maximum absolute atomic E-state index is 11.1. The number of benzene rings is 2. The van der Waals surface area contributed by atoms with Crippen LogP contribution >= 0.6 is 0 Å². The summed E-state index contributed by atoms with van der Waals surface area (Å²) in [5, 5.41) is 2.75. The van der Waals surface area contributed by atoms with E-state index in [0.29, 0.717) is 0 Å². The van der Waals surface area contributed by atoms with Gasteiger partial charge in [0, 0.05) is 31.5 Å². The molecule has 0 aliphatic heterocycles. The second kappa shape index (κ2) is 7.10. The van der Waals surface area contributed by atoms with Gasteiger partial charge in [0.15, 0.2) is 0 Å². The molecule has 2 aromatic carbocycles. The highest BCUT2D eigenvalue weighted by Gasteiger charge is 2.15. The Kier molecular flexibility index (Phi) is 4.72. The first kappa shape index (κ1) is 16.0. The predicted molar refractivity (Wildman–Crippen MR) is 94.5 cm³/mol. The summed E-state index contributed by atoms with van der Waals surface area (Å²) in [4.78, 5) is 15.5. The number of rotatable bonds is 5. The normalized spacial score (nSPS) is 11.9. The molecule has 0 radical (unpaired) electrons. The van der Waals surface area contributed by atoms with E-state index in [1.54, 1.807) is 6.20 Å². The van der Waals surface area contributed by atoms with Crippen LogP contribution in [0.2, 0.25) is 0 Å². The molecule has 122 valence electrons. The second-order valence-electron chi connectivity index (χ2n) is 5.68. The van der Waals surface area contributed by atoms with Gasteiger partial charge in [0.05, 0.1) is 6.04 Å². The number of anilines is 1. The average Bonchev–Trinajstić information content (AvgIpc) is 3.03. The minimum absolute atomic E-state index is 0.0922. The topological polar surface area (TPSA) is 72.9 Å². The number of nitrogens with two attached hydrogens (primary N) is 1. The summed E-state index contributed by atoms with van der Waals surface area (Å²) in [5.41, 5.74) is 9.30. The number of amides is 1. The van der Waals surface area contributed by atoms with Crippen molar-refractivity contribution in [1.29, 1.82) is 0 Å². The van der Waals surface area contributed by atoms with Gasteiger partial charge in [-0.2, -0.15) is 0 Å². The Morgan fingerprint density at radius 1 is 1.17 bits per heavy atom. The van der Waals surface area contributed by atoms with E-state index in [-0.39, 0.29) is 11.9 Å². The first-order chi connectivity index (χ1) is 11.6. The molecule has 0 saturated heterocycles. The summed E-state index contributed by atoms with van der Waals surface area (Å²) < 4.78 is 2.06. The zero-order valence-corrected chi connectivity index (χ0v) is 13.5. The summed E-state index contributed by atoms with van der Waals surface area (Å²) in [6.45, 7) is 2.22. The molecular formula is C19H20N4O. The number of nitrogens with zero attached hydrogens (tertiary/aromatic N) is 2. The molecule has 1 unspecified atom stereocenters. The van der Waals surface area contributed by atoms with Gasteiger partial charge in [-0.05, 0) is 23.3 Å². The number of carbonyl (C=O) groups excluding carboxylic acids is 1. The fraction of sp³-hybridized carbons (Fsp3) is 0.158. The Bertz CT molecular complexity index is 809. The molecule has 3 N–H and O–H groups in total. The third-order valence-electron chi connectivity index (χ3n) is 3.81. The van der Waals surface area contributed by atoms with E-state index in [0.717, 1.165) is 23.6 Å². The lowest BCUT2D eigenvalue weighted by atomic mass is 10.1. The summed E-state index contributed by atoms with van der Waals surface area (Å²) in [7, 11) is 0. The first-order valence-electron chi connectivity index (χ1n) is 7.81. The molecule has 24 heavy (non-hydrogen) atoms. The lowest BCUT2D eigenvalue weighted by Crippen LogP contribution is -2.18. The van der Waals surface area contributed by atoms with Gasteiger partial charge in [-0.1, -0.05) is 42.5 Å². The van der Waals surface area contributed by atoms with Crippen molar-refractivity contribution in [2.24, 2.45) is 5.73 Å². The molecule has 0 bridgehead atoms. The van der Waals surface area contributed by atoms with Gasteiger partial charge in [0.1, 0.15) is 5.82 Å². The van der Waals surface area contributed by atoms with E-state index in [9.17, 15) is 4.79 Å². The van der Waals surface area contributed by atoms with E-state index in [1.807, 2.05) is 48.7 Å². The Morgan fingerprint density at radius 2 is 1.88 bits per heavy atom. The summed E-state index contributed by atoms with van der Waals surface area (Å²) >= 11 is 0. The molecule has 5 heteroatoms. The van der Waals surface area contributed by atoms with Gasteiger partial charge < -0.3 is 15.6 Å². The molecule has 1 heterocycles. The predicted octanol–water partition coefficient (Wildman–Crippen LogP) is 2.94. The Labute approximate surface area is 141 Å². The quantitative estimate of drug-likeness (QED) is 0.759. The minimum atomic E-state index is -0.324. The highest BCUT2D eigenvalue weighted by atomic mass is 16.1. The van der Waals surface area contributed by atoms with Crippen LogP contribution in [-0.4, -0.2) is 15.5 Å². The van der Waals surface area contributed by atoms with E-state index >= 15 is 0 Å². The van der Waals surface area contributed by atoms with E-state index in [4.69, 9.17) is 5.73 Å². The fourth-order valence-electron chi connectivity index (χ4n) is 2.64. The van der Waals surface area contributed by atoms with Crippen LogP contribution in [0.3, 0.4) is 0 Å². The molecule has 1 atom stereocenters. The van der Waals surface area contributed by atoms with Crippen molar-refractivity contribution in [3.8, 4) is 0 Å². The minimum Gasteiger partial charge on any atom is -0.329 e. The lowest BCUT2D eigenvalue weighted by Gasteiger charge is -2.15. The second-order valence-corrected chi connectivity index (χ2v) is 5.68. The summed E-state index contributed by atoms with van der Waals surface area (Å²) in [6, 6.07) is 17.4. The van der Waals surface area contributed by atoms with Crippen LogP contribution in [0.5, 0.6) is 0 Å². The average molecular weight is 320 g/mol. The molecule has 1 aromatic heterocycles. The van der Waals surface area contributed by atoms with Gasteiger partial charge >= 0.3 is 0 Å². The van der Waals surface area contributed by atoms with Crippen molar-refractivity contribution in [3.63, 3.8) is 0 Å². The van der Waals surface area contributed by atoms with Gasteiger partial charge in [0.2, 0.25) is 5.91 Å².